The van der Waals surface area contributed by atoms with Crippen molar-refractivity contribution in [3.8, 4) is 0 Å². The number of carbonyl (C=O) groups excluding carboxylic acids is 1. The Kier molecular flexibility index (Phi) is 5.71. The smallest absolute Gasteiger partial charge is 0.323 e. The number of hydrogen-bond acceptors (Lipinski definition) is 3. The predicted molar refractivity (Wildman–Crippen MR) is 65.6 cm³/mol. The Labute approximate surface area is 104 Å². The fourth-order valence-corrected chi connectivity index (χ4v) is 1.56. The molecule has 0 aliphatic carbocycles. The van der Waals surface area contributed by atoms with Crippen LogP contribution in [0.3, 0.4) is 0 Å². The second kappa shape index (κ2) is 6.81. The summed E-state index contributed by atoms with van der Waals surface area (Å²) in [7, 11) is 0. The molecule has 0 aromatic rings. The zero-order chi connectivity index (χ0) is 12.8. The van der Waals surface area contributed by atoms with Crippen molar-refractivity contribution in [2.75, 3.05) is 26.6 Å². The van der Waals surface area contributed by atoms with Crippen LogP contribution in [0.2, 0.25) is 0 Å². The predicted octanol–water partition coefficient (Wildman–Crippen LogP) is 1.88. The van der Waals surface area contributed by atoms with Gasteiger partial charge in [-0.25, -0.2) is 4.79 Å². The lowest BCUT2D eigenvalue weighted by Crippen LogP contribution is -2.51. The molecule has 1 aliphatic heterocycles. The van der Waals surface area contributed by atoms with Gasteiger partial charge < -0.3 is 19.3 Å². The van der Waals surface area contributed by atoms with Crippen molar-refractivity contribution in [3.05, 3.63) is 0 Å². The van der Waals surface area contributed by atoms with Gasteiger partial charge in [0.05, 0.1) is 12.2 Å². The summed E-state index contributed by atoms with van der Waals surface area (Å²) in [5.74, 6) is 0. The third-order valence-electron chi connectivity index (χ3n) is 2.52. The van der Waals surface area contributed by atoms with Gasteiger partial charge >= 0.3 is 6.03 Å². The van der Waals surface area contributed by atoms with Gasteiger partial charge in [0.1, 0.15) is 13.5 Å². The van der Waals surface area contributed by atoms with Gasteiger partial charge in [-0.3, -0.25) is 0 Å². The van der Waals surface area contributed by atoms with E-state index in [2.05, 4.69) is 0 Å². The van der Waals surface area contributed by atoms with E-state index in [0.29, 0.717) is 13.5 Å². The molecule has 1 rings (SSSR count). The quantitative estimate of drug-likeness (QED) is 0.716. The zero-order valence-electron chi connectivity index (χ0n) is 11.3. The summed E-state index contributed by atoms with van der Waals surface area (Å²) in [6.07, 6.45) is 1.25. The topological polar surface area (TPSA) is 42.0 Å². The molecule has 5 heteroatoms. The van der Waals surface area contributed by atoms with Gasteiger partial charge in [0.2, 0.25) is 0 Å². The number of rotatable bonds is 6. The highest BCUT2D eigenvalue weighted by Crippen LogP contribution is 2.10. The molecule has 1 saturated heterocycles. The van der Waals surface area contributed by atoms with Crippen LogP contribution in [0, 0.1) is 0 Å². The van der Waals surface area contributed by atoms with Gasteiger partial charge in [-0.15, -0.1) is 0 Å². The molecule has 100 valence electrons. The summed E-state index contributed by atoms with van der Waals surface area (Å²) in [4.78, 5) is 15.5. The first-order valence-corrected chi connectivity index (χ1v) is 6.27. The molecular weight excluding hydrogens is 220 g/mol. The van der Waals surface area contributed by atoms with Gasteiger partial charge in [-0.05, 0) is 34.1 Å². The SMILES string of the molecule is CC(C)OCN1CCCN(COC(C)C)C1=O. The minimum Gasteiger partial charge on any atom is -0.358 e. The Morgan fingerprint density at radius 1 is 1.00 bits per heavy atom. The number of urea groups is 1. The summed E-state index contributed by atoms with van der Waals surface area (Å²) in [5, 5.41) is 0. The molecule has 0 N–H and O–H groups in total. The summed E-state index contributed by atoms with van der Waals surface area (Å²) in [6, 6.07) is 0.0116. The Morgan fingerprint density at radius 2 is 1.41 bits per heavy atom. The van der Waals surface area contributed by atoms with Crippen molar-refractivity contribution < 1.29 is 14.3 Å². The van der Waals surface area contributed by atoms with E-state index in [1.807, 2.05) is 27.7 Å². The average molecular weight is 244 g/mol. The first-order chi connectivity index (χ1) is 8.00. The molecule has 0 aromatic heterocycles. The molecule has 1 fully saturated rings. The van der Waals surface area contributed by atoms with Crippen molar-refractivity contribution in [3.63, 3.8) is 0 Å². The maximum absolute atomic E-state index is 12.0. The Morgan fingerprint density at radius 3 is 1.76 bits per heavy atom. The number of carbonyl (C=O) groups is 1. The minimum absolute atomic E-state index is 0.0116. The second-order valence-electron chi connectivity index (χ2n) is 4.85. The van der Waals surface area contributed by atoms with E-state index in [1.165, 1.54) is 0 Å². The van der Waals surface area contributed by atoms with E-state index in [1.54, 1.807) is 9.80 Å². The van der Waals surface area contributed by atoms with Gasteiger partial charge in [0, 0.05) is 13.1 Å². The first kappa shape index (κ1) is 14.3. The molecule has 17 heavy (non-hydrogen) atoms. The van der Waals surface area contributed by atoms with Crippen LogP contribution in [0.15, 0.2) is 0 Å². The van der Waals surface area contributed by atoms with Crippen LogP contribution in [0.1, 0.15) is 34.1 Å². The van der Waals surface area contributed by atoms with Gasteiger partial charge in [0.15, 0.2) is 0 Å². The zero-order valence-corrected chi connectivity index (χ0v) is 11.3. The lowest BCUT2D eigenvalue weighted by atomic mass is 10.3. The number of ether oxygens (including phenoxy) is 2. The monoisotopic (exact) mass is 244 g/mol. The normalized spacial score (nSPS) is 17.4. The van der Waals surface area contributed by atoms with Crippen molar-refractivity contribution >= 4 is 6.03 Å². The molecule has 2 amide bonds. The van der Waals surface area contributed by atoms with Crippen LogP contribution in [0.5, 0.6) is 0 Å². The molecule has 1 heterocycles. The van der Waals surface area contributed by atoms with E-state index in [0.717, 1.165) is 19.5 Å². The second-order valence-corrected chi connectivity index (χ2v) is 4.85. The van der Waals surface area contributed by atoms with Gasteiger partial charge in [-0.1, -0.05) is 0 Å². The maximum atomic E-state index is 12.0. The van der Waals surface area contributed by atoms with Crippen LogP contribution in [0.4, 0.5) is 4.79 Å². The average Bonchev–Trinajstić information content (AvgIpc) is 2.25. The maximum Gasteiger partial charge on any atom is 0.323 e. The summed E-state index contributed by atoms with van der Waals surface area (Å²) in [6.45, 7) is 10.1. The molecule has 5 nitrogen and oxygen atoms in total. The highest BCUT2D eigenvalue weighted by molar-refractivity contribution is 5.74. The Balaban J connectivity index is 2.39. The van der Waals surface area contributed by atoms with Crippen molar-refractivity contribution in [2.24, 2.45) is 0 Å². The van der Waals surface area contributed by atoms with E-state index in [-0.39, 0.29) is 18.2 Å². The standard InChI is InChI=1S/C12H24N2O3/c1-10(2)16-8-13-6-5-7-14(12(13)15)9-17-11(3)4/h10-11H,5-9H2,1-4H3. The number of hydrogen-bond donors (Lipinski definition) is 0. The van der Waals surface area contributed by atoms with E-state index < -0.39 is 0 Å². The van der Waals surface area contributed by atoms with E-state index >= 15 is 0 Å². The first-order valence-electron chi connectivity index (χ1n) is 6.27. The molecule has 0 saturated carbocycles. The Bertz CT molecular complexity index is 222. The number of amides is 2. The van der Waals surface area contributed by atoms with Crippen LogP contribution < -0.4 is 0 Å². The molecule has 0 spiro atoms. The highest BCUT2D eigenvalue weighted by atomic mass is 16.5. The highest BCUT2D eigenvalue weighted by Gasteiger charge is 2.25. The van der Waals surface area contributed by atoms with Gasteiger partial charge in [0.25, 0.3) is 0 Å². The third kappa shape index (κ3) is 4.91. The summed E-state index contributed by atoms with van der Waals surface area (Å²) >= 11 is 0. The number of nitrogens with zero attached hydrogens (tertiary/aromatic N) is 2. The molecule has 0 atom stereocenters. The van der Waals surface area contributed by atoms with Crippen molar-refractivity contribution in [1.82, 2.24) is 9.80 Å². The molecule has 1 aliphatic rings. The molecule has 0 unspecified atom stereocenters. The van der Waals surface area contributed by atoms with Crippen LogP contribution in [-0.4, -0.2) is 54.6 Å². The third-order valence-corrected chi connectivity index (χ3v) is 2.52. The molecule has 0 aromatic carbocycles. The van der Waals surface area contributed by atoms with E-state index in [9.17, 15) is 4.79 Å². The van der Waals surface area contributed by atoms with Crippen molar-refractivity contribution in [2.45, 2.75) is 46.3 Å². The molecular formula is C12H24N2O3. The lowest BCUT2D eigenvalue weighted by Gasteiger charge is -2.35. The van der Waals surface area contributed by atoms with Crippen LogP contribution in [-0.2, 0) is 9.47 Å². The van der Waals surface area contributed by atoms with Crippen LogP contribution >= 0.6 is 0 Å². The largest absolute Gasteiger partial charge is 0.358 e. The van der Waals surface area contributed by atoms with Crippen molar-refractivity contribution in [1.29, 1.82) is 0 Å². The molecule has 0 bridgehead atoms. The minimum atomic E-state index is 0.0116. The van der Waals surface area contributed by atoms with Crippen LogP contribution in [0.25, 0.3) is 0 Å². The Hall–Kier alpha value is -0.810. The van der Waals surface area contributed by atoms with E-state index in [4.69, 9.17) is 9.47 Å². The summed E-state index contributed by atoms with van der Waals surface area (Å²) < 4.78 is 10.9. The molecule has 0 radical (unpaired) electrons. The summed E-state index contributed by atoms with van der Waals surface area (Å²) in [5.41, 5.74) is 0. The van der Waals surface area contributed by atoms with Gasteiger partial charge in [-0.2, -0.15) is 0 Å². The lowest BCUT2D eigenvalue weighted by molar-refractivity contribution is -0.0346. The fourth-order valence-electron chi connectivity index (χ4n) is 1.56. The fraction of sp³-hybridized carbons (Fsp3) is 0.917.